The molecule has 0 aromatic heterocycles. The molecule has 1 unspecified atom stereocenters. The van der Waals surface area contributed by atoms with Gasteiger partial charge < -0.3 is 5.32 Å². The molecule has 0 bridgehead atoms. The number of rotatable bonds is 4. The SMILES string of the molecule is Cc1ccc(NC(=O)C2CCCCN2S(=O)(=O)c2ccc(Br)cc2)cc1C. The molecule has 144 valence electrons. The summed E-state index contributed by atoms with van der Waals surface area (Å²) in [5.74, 6) is -0.279. The van der Waals surface area contributed by atoms with Crippen LogP contribution < -0.4 is 5.32 Å². The number of sulfonamides is 1. The van der Waals surface area contributed by atoms with Crippen molar-refractivity contribution in [1.82, 2.24) is 4.31 Å². The molecule has 7 heteroatoms. The highest BCUT2D eigenvalue weighted by atomic mass is 79.9. The van der Waals surface area contributed by atoms with E-state index < -0.39 is 16.1 Å². The molecule has 1 amide bonds. The van der Waals surface area contributed by atoms with Gasteiger partial charge in [-0.1, -0.05) is 28.4 Å². The van der Waals surface area contributed by atoms with E-state index >= 15 is 0 Å². The van der Waals surface area contributed by atoms with Gasteiger partial charge in [-0.3, -0.25) is 4.79 Å². The Morgan fingerprint density at radius 1 is 1.07 bits per heavy atom. The highest BCUT2D eigenvalue weighted by Gasteiger charge is 2.37. The van der Waals surface area contributed by atoms with Crippen molar-refractivity contribution in [2.45, 2.75) is 44.0 Å². The molecule has 1 saturated heterocycles. The smallest absolute Gasteiger partial charge is 0.243 e. The maximum absolute atomic E-state index is 13.1. The summed E-state index contributed by atoms with van der Waals surface area (Å²) >= 11 is 3.32. The van der Waals surface area contributed by atoms with Crippen LogP contribution in [-0.2, 0) is 14.8 Å². The molecule has 1 atom stereocenters. The Labute approximate surface area is 169 Å². The fraction of sp³-hybridized carbons (Fsp3) is 0.350. The molecular formula is C20H23BrN2O3S. The maximum atomic E-state index is 13.1. The van der Waals surface area contributed by atoms with Crippen LogP contribution in [-0.4, -0.2) is 31.2 Å². The lowest BCUT2D eigenvalue weighted by Crippen LogP contribution is -2.49. The number of nitrogens with zero attached hydrogens (tertiary/aromatic N) is 1. The molecule has 0 saturated carbocycles. The molecule has 3 rings (SSSR count). The molecule has 1 N–H and O–H groups in total. The second kappa shape index (κ2) is 8.12. The van der Waals surface area contributed by atoms with E-state index in [1.807, 2.05) is 32.0 Å². The third-order valence-corrected chi connectivity index (χ3v) is 7.40. The van der Waals surface area contributed by atoms with Crippen molar-refractivity contribution in [2.24, 2.45) is 0 Å². The molecule has 27 heavy (non-hydrogen) atoms. The van der Waals surface area contributed by atoms with Gasteiger partial charge in [0.05, 0.1) is 4.90 Å². The van der Waals surface area contributed by atoms with Crippen LogP contribution in [0.3, 0.4) is 0 Å². The van der Waals surface area contributed by atoms with Crippen LogP contribution in [0.2, 0.25) is 0 Å². The van der Waals surface area contributed by atoms with Crippen LogP contribution in [0.1, 0.15) is 30.4 Å². The number of hydrogen-bond acceptors (Lipinski definition) is 3. The standard InChI is InChI=1S/C20H23BrN2O3S/c1-14-6-9-17(13-15(14)2)22-20(24)19-5-3-4-12-23(19)27(25,26)18-10-7-16(21)8-11-18/h6-11,13,19H,3-5,12H2,1-2H3,(H,22,24). The predicted octanol–water partition coefficient (Wildman–Crippen LogP) is 4.25. The fourth-order valence-electron chi connectivity index (χ4n) is 3.24. The maximum Gasteiger partial charge on any atom is 0.243 e. The number of nitrogens with one attached hydrogen (secondary N) is 1. The number of piperidine rings is 1. The van der Waals surface area contributed by atoms with Crippen LogP contribution in [0.4, 0.5) is 5.69 Å². The number of carbonyl (C=O) groups is 1. The van der Waals surface area contributed by atoms with Crippen molar-refractivity contribution in [1.29, 1.82) is 0 Å². The minimum absolute atomic E-state index is 0.205. The van der Waals surface area contributed by atoms with Crippen molar-refractivity contribution in [2.75, 3.05) is 11.9 Å². The van der Waals surface area contributed by atoms with Crippen LogP contribution in [0, 0.1) is 13.8 Å². The van der Waals surface area contributed by atoms with E-state index in [0.717, 1.165) is 28.4 Å². The number of halogens is 1. The van der Waals surface area contributed by atoms with Crippen molar-refractivity contribution >= 4 is 37.5 Å². The van der Waals surface area contributed by atoms with Gasteiger partial charge in [0.25, 0.3) is 0 Å². The summed E-state index contributed by atoms with van der Waals surface area (Å²) in [4.78, 5) is 13.1. The lowest BCUT2D eigenvalue weighted by Gasteiger charge is -2.33. The molecule has 1 aliphatic heterocycles. The monoisotopic (exact) mass is 450 g/mol. The molecule has 0 spiro atoms. The second-order valence-corrected chi connectivity index (χ2v) is 9.68. The molecule has 5 nitrogen and oxygen atoms in total. The predicted molar refractivity (Wildman–Crippen MR) is 110 cm³/mol. The zero-order valence-corrected chi connectivity index (χ0v) is 17.8. The van der Waals surface area contributed by atoms with Crippen LogP contribution in [0.15, 0.2) is 51.8 Å². The summed E-state index contributed by atoms with van der Waals surface area (Å²) in [5, 5.41) is 2.89. The zero-order valence-electron chi connectivity index (χ0n) is 15.4. The van der Waals surface area contributed by atoms with Gasteiger partial charge in [-0.2, -0.15) is 4.31 Å². The van der Waals surface area contributed by atoms with Crippen molar-refractivity contribution in [3.63, 3.8) is 0 Å². The molecule has 2 aromatic carbocycles. The lowest BCUT2D eigenvalue weighted by atomic mass is 10.0. The average Bonchev–Trinajstić information content (AvgIpc) is 2.65. The van der Waals surface area contributed by atoms with Gasteiger partial charge in [0, 0.05) is 16.7 Å². The van der Waals surface area contributed by atoms with Crippen LogP contribution >= 0.6 is 15.9 Å². The minimum atomic E-state index is -3.73. The molecule has 1 fully saturated rings. The van der Waals surface area contributed by atoms with E-state index in [2.05, 4.69) is 21.2 Å². The molecule has 0 aliphatic carbocycles. The van der Waals surface area contributed by atoms with Gasteiger partial charge in [-0.25, -0.2) is 8.42 Å². The van der Waals surface area contributed by atoms with Crippen LogP contribution in [0.25, 0.3) is 0 Å². The Hall–Kier alpha value is -1.70. The molecular weight excluding hydrogens is 428 g/mol. The van der Waals surface area contributed by atoms with Crippen molar-refractivity contribution in [3.8, 4) is 0 Å². The zero-order chi connectivity index (χ0) is 19.6. The van der Waals surface area contributed by atoms with E-state index in [-0.39, 0.29) is 10.8 Å². The lowest BCUT2D eigenvalue weighted by molar-refractivity contribution is -0.120. The summed E-state index contributed by atoms with van der Waals surface area (Å²) in [5.41, 5.74) is 2.91. The Kier molecular flexibility index (Phi) is 6.03. The summed E-state index contributed by atoms with van der Waals surface area (Å²) in [6.45, 7) is 4.34. The Morgan fingerprint density at radius 2 is 1.78 bits per heavy atom. The topological polar surface area (TPSA) is 66.5 Å². The first-order chi connectivity index (χ1) is 12.8. The first kappa shape index (κ1) is 20.0. The van der Waals surface area contributed by atoms with Crippen molar-refractivity contribution in [3.05, 3.63) is 58.1 Å². The van der Waals surface area contributed by atoms with Gasteiger partial charge in [-0.05, 0) is 74.2 Å². The number of anilines is 1. The fourth-order valence-corrected chi connectivity index (χ4v) is 5.16. The van der Waals surface area contributed by atoms with Gasteiger partial charge >= 0.3 is 0 Å². The summed E-state index contributed by atoms with van der Waals surface area (Å²) in [6, 6.07) is 11.5. The quantitative estimate of drug-likeness (QED) is 0.756. The Bertz CT molecular complexity index is 942. The van der Waals surface area contributed by atoms with E-state index in [9.17, 15) is 13.2 Å². The Balaban J connectivity index is 1.85. The van der Waals surface area contributed by atoms with Gasteiger partial charge in [-0.15, -0.1) is 0 Å². The molecule has 0 radical (unpaired) electrons. The molecule has 2 aromatic rings. The summed E-state index contributed by atoms with van der Waals surface area (Å²) < 4.78 is 28.3. The van der Waals surface area contributed by atoms with E-state index in [4.69, 9.17) is 0 Å². The largest absolute Gasteiger partial charge is 0.325 e. The van der Waals surface area contributed by atoms with Gasteiger partial charge in [0.15, 0.2) is 0 Å². The van der Waals surface area contributed by atoms with Crippen LogP contribution in [0.5, 0.6) is 0 Å². The number of benzene rings is 2. The summed E-state index contributed by atoms with van der Waals surface area (Å²) in [7, 11) is -3.73. The van der Waals surface area contributed by atoms with Crippen molar-refractivity contribution < 1.29 is 13.2 Å². The van der Waals surface area contributed by atoms with Gasteiger partial charge in [0.1, 0.15) is 6.04 Å². The van der Waals surface area contributed by atoms with Gasteiger partial charge in [0.2, 0.25) is 15.9 Å². The van der Waals surface area contributed by atoms with E-state index in [1.165, 1.54) is 4.31 Å². The normalized spacial score (nSPS) is 18.3. The first-order valence-corrected chi connectivity index (χ1v) is 11.2. The highest BCUT2D eigenvalue weighted by Crippen LogP contribution is 2.27. The van der Waals surface area contributed by atoms with E-state index in [0.29, 0.717) is 18.7 Å². The third kappa shape index (κ3) is 4.42. The number of carbonyl (C=O) groups excluding carboxylic acids is 1. The molecule has 1 aliphatic rings. The molecule has 1 heterocycles. The minimum Gasteiger partial charge on any atom is -0.325 e. The average molecular weight is 451 g/mol. The number of aryl methyl sites for hydroxylation is 2. The Morgan fingerprint density at radius 3 is 2.44 bits per heavy atom. The first-order valence-electron chi connectivity index (χ1n) is 8.94. The number of amides is 1. The highest BCUT2D eigenvalue weighted by molar-refractivity contribution is 9.10. The summed E-state index contributed by atoms with van der Waals surface area (Å²) in [6.07, 6.45) is 2.10. The third-order valence-electron chi connectivity index (χ3n) is 4.95. The van der Waals surface area contributed by atoms with E-state index in [1.54, 1.807) is 24.3 Å². The number of hydrogen-bond donors (Lipinski definition) is 1. The second-order valence-electron chi connectivity index (χ2n) is 6.87.